The average Bonchev–Trinajstić information content (AvgIpc) is 2.37. The second-order valence-electron chi connectivity index (χ2n) is 4.68. The summed E-state index contributed by atoms with van der Waals surface area (Å²) in [4.78, 5) is 24.2. The number of carboxylic acid groups (broad SMARTS) is 1. The second kappa shape index (κ2) is 7.21. The van der Waals surface area contributed by atoms with Gasteiger partial charge in [0.1, 0.15) is 12.4 Å². The largest absolute Gasteiger partial charge is 0.480 e. The van der Waals surface area contributed by atoms with Crippen molar-refractivity contribution in [2.24, 2.45) is 0 Å². The van der Waals surface area contributed by atoms with E-state index in [1.54, 1.807) is 6.92 Å². The maximum atomic E-state index is 13.4. The summed E-state index contributed by atoms with van der Waals surface area (Å²) in [5.74, 6) is -2.69. The zero-order chi connectivity index (χ0) is 16.9. The van der Waals surface area contributed by atoms with E-state index in [1.807, 2.05) is 0 Å². The molecule has 0 aliphatic carbocycles. The molecule has 0 aromatic heterocycles. The van der Waals surface area contributed by atoms with Crippen LogP contribution in [0, 0.1) is 5.82 Å². The summed E-state index contributed by atoms with van der Waals surface area (Å²) in [6.07, 6.45) is 1.40. The van der Waals surface area contributed by atoms with Gasteiger partial charge in [-0.25, -0.2) is 12.8 Å². The highest BCUT2D eigenvalue weighted by Crippen LogP contribution is 2.20. The first-order valence-corrected chi connectivity index (χ1v) is 8.31. The van der Waals surface area contributed by atoms with Gasteiger partial charge in [-0.2, -0.15) is 0 Å². The maximum absolute atomic E-state index is 13.4. The van der Waals surface area contributed by atoms with Crippen molar-refractivity contribution in [3.63, 3.8) is 0 Å². The van der Waals surface area contributed by atoms with Crippen LogP contribution < -0.4 is 4.72 Å². The number of hydrogen-bond acceptors (Lipinski definition) is 4. The summed E-state index contributed by atoms with van der Waals surface area (Å²) < 4.78 is 38.1. The number of nitrogens with one attached hydrogen (secondary N) is 1. The lowest BCUT2D eigenvalue weighted by atomic mass is 10.1. The zero-order valence-electron chi connectivity index (χ0n) is 12.2. The second-order valence-corrected chi connectivity index (χ2v) is 6.43. The highest BCUT2D eigenvalue weighted by molar-refractivity contribution is 7.92. The van der Waals surface area contributed by atoms with Crippen LogP contribution in [-0.4, -0.2) is 49.6 Å². The van der Waals surface area contributed by atoms with Gasteiger partial charge in [0.25, 0.3) is 5.91 Å². The van der Waals surface area contributed by atoms with Gasteiger partial charge in [-0.3, -0.25) is 14.3 Å². The van der Waals surface area contributed by atoms with E-state index in [4.69, 9.17) is 5.11 Å². The van der Waals surface area contributed by atoms with E-state index in [1.165, 1.54) is 0 Å². The number of anilines is 1. The van der Waals surface area contributed by atoms with Crippen LogP contribution in [0.5, 0.6) is 0 Å². The van der Waals surface area contributed by atoms with E-state index in [2.05, 4.69) is 4.72 Å². The van der Waals surface area contributed by atoms with Crippen LogP contribution >= 0.6 is 0 Å². The summed E-state index contributed by atoms with van der Waals surface area (Å²) >= 11 is 0. The number of carbonyl (C=O) groups excluding carboxylic acids is 1. The molecule has 0 saturated carbocycles. The Kier molecular flexibility index (Phi) is 5.86. The number of aliphatic carboxylic acids is 1. The first kappa shape index (κ1) is 17.9. The van der Waals surface area contributed by atoms with E-state index in [0.29, 0.717) is 6.42 Å². The highest BCUT2D eigenvalue weighted by atomic mass is 32.2. The summed E-state index contributed by atoms with van der Waals surface area (Å²) in [5.41, 5.74) is -0.333. The van der Waals surface area contributed by atoms with Gasteiger partial charge in [0.2, 0.25) is 10.0 Å². The number of carbonyl (C=O) groups is 2. The molecular weight excluding hydrogens is 315 g/mol. The highest BCUT2D eigenvalue weighted by Gasteiger charge is 2.22. The summed E-state index contributed by atoms with van der Waals surface area (Å²) in [5, 5.41) is 8.84. The number of sulfonamides is 1. The molecule has 9 heteroatoms. The van der Waals surface area contributed by atoms with Crippen molar-refractivity contribution in [2.75, 3.05) is 24.1 Å². The number of rotatable bonds is 7. The van der Waals surface area contributed by atoms with Gasteiger partial charge in [0, 0.05) is 6.54 Å². The Labute approximate surface area is 127 Å². The van der Waals surface area contributed by atoms with Gasteiger partial charge >= 0.3 is 5.97 Å². The topological polar surface area (TPSA) is 104 Å². The van der Waals surface area contributed by atoms with Gasteiger partial charge in [0.05, 0.1) is 17.5 Å². The monoisotopic (exact) mass is 332 g/mol. The van der Waals surface area contributed by atoms with Gasteiger partial charge in [-0.1, -0.05) is 6.92 Å². The van der Waals surface area contributed by atoms with Gasteiger partial charge in [-0.15, -0.1) is 0 Å². The SMILES string of the molecule is CCCN(CC(=O)O)C(=O)c1cc(F)ccc1NS(C)(=O)=O. The predicted molar refractivity (Wildman–Crippen MR) is 78.7 cm³/mol. The molecule has 0 aliphatic rings. The lowest BCUT2D eigenvalue weighted by molar-refractivity contribution is -0.137. The maximum Gasteiger partial charge on any atom is 0.323 e. The Morgan fingerprint density at radius 3 is 2.50 bits per heavy atom. The molecule has 2 N–H and O–H groups in total. The molecule has 22 heavy (non-hydrogen) atoms. The normalized spacial score (nSPS) is 11.0. The molecule has 0 saturated heterocycles. The summed E-state index contributed by atoms with van der Waals surface area (Å²) in [6.45, 7) is 1.35. The number of amides is 1. The number of halogens is 1. The molecule has 1 aromatic rings. The fraction of sp³-hybridized carbons (Fsp3) is 0.385. The first-order valence-electron chi connectivity index (χ1n) is 6.42. The third kappa shape index (κ3) is 5.32. The minimum atomic E-state index is -3.67. The van der Waals surface area contributed by atoms with E-state index in [0.717, 1.165) is 29.4 Å². The van der Waals surface area contributed by atoms with Crippen molar-refractivity contribution >= 4 is 27.6 Å². The molecule has 1 rings (SSSR count). The molecule has 1 aromatic carbocycles. The van der Waals surface area contributed by atoms with Crippen molar-refractivity contribution < 1.29 is 27.5 Å². The Morgan fingerprint density at radius 1 is 1.36 bits per heavy atom. The van der Waals surface area contributed by atoms with Crippen molar-refractivity contribution in [3.8, 4) is 0 Å². The van der Waals surface area contributed by atoms with Crippen LogP contribution in [0.15, 0.2) is 18.2 Å². The number of carboxylic acids is 1. The summed E-state index contributed by atoms with van der Waals surface area (Å²) in [6, 6.07) is 3.00. The van der Waals surface area contributed by atoms with Gasteiger partial charge in [0.15, 0.2) is 0 Å². The molecule has 0 aliphatic heterocycles. The molecule has 0 spiro atoms. The van der Waals surface area contributed by atoms with Crippen molar-refractivity contribution in [1.82, 2.24) is 4.90 Å². The van der Waals surface area contributed by atoms with Crippen molar-refractivity contribution in [1.29, 1.82) is 0 Å². The number of hydrogen-bond donors (Lipinski definition) is 2. The van der Waals surface area contributed by atoms with Crippen LogP contribution in [0.4, 0.5) is 10.1 Å². The first-order chi connectivity index (χ1) is 10.1. The van der Waals surface area contributed by atoms with Crippen LogP contribution in [0.3, 0.4) is 0 Å². The lowest BCUT2D eigenvalue weighted by Gasteiger charge is -2.21. The molecule has 122 valence electrons. The number of nitrogens with zero attached hydrogens (tertiary/aromatic N) is 1. The minimum Gasteiger partial charge on any atom is -0.480 e. The van der Waals surface area contributed by atoms with E-state index in [9.17, 15) is 22.4 Å². The third-order valence-electron chi connectivity index (χ3n) is 2.61. The van der Waals surface area contributed by atoms with Crippen LogP contribution in [-0.2, 0) is 14.8 Å². The Hall–Kier alpha value is -2.16. The smallest absolute Gasteiger partial charge is 0.323 e. The van der Waals surface area contributed by atoms with E-state index >= 15 is 0 Å². The van der Waals surface area contributed by atoms with E-state index < -0.39 is 34.3 Å². The molecule has 0 fully saturated rings. The summed E-state index contributed by atoms with van der Waals surface area (Å²) in [7, 11) is -3.67. The van der Waals surface area contributed by atoms with Crippen molar-refractivity contribution in [2.45, 2.75) is 13.3 Å². The fourth-order valence-corrected chi connectivity index (χ4v) is 2.42. The molecule has 0 radical (unpaired) electrons. The van der Waals surface area contributed by atoms with Gasteiger partial charge in [-0.05, 0) is 24.6 Å². The van der Waals surface area contributed by atoms with Crippen molar-refractivity contribution in [3.05, 3.63) is 29.6 Å². The average molecular weight is 332 g/mol. The van der Waals surface area contributed by atoms with Gasteiger partial charge < -0.3 is 10.0 Å². The third-order valence-corrected chi connectivity index (χ3v) is 3.20. The van der Waals surface area contributed by atoms with E-state index in [-0.39, 0.29) is 17.8 Å². The van der Waals surface area contributed by atoms with Crippen LogP contribution in [0.1, 0.15) is 23.7 Å². The molecular formula is C13H17FN2O5S. The lowest BCUT2D eigenvalue weighted by Crippen LogP contribution is -2.36. The quantitative estimate of drug-likeness (QED) is 0.779. The Balaban J connectivity index is 3.23. The molecule has 0 atom stereocenters. The standard InChI is InChI=1S/C13H17FN2O5S/c1-3-6-16(8-12(17)18)13(19)10-7-9(14)4-5-11(10)15-22(2,20)21/h4-5,7,15H,3,6,8H2,1-2H3,(H,17,18). The Morgan fingerprint density at radius 2 is 2.00 bits per heavy atom. The zero-order valence-corrected chi connectivity index (χ0v) is 13.0. The minimum absolute atomic E-state index is 0.0969. The molecule has 0 bridgehead atoms. The number of benzene rings is 1. The molecule has 7 nitrogen and oxygen atoms in total. The van der Waals surface area contributed by atoms with Crippen LogP contribution in [0.25, 0.3) is 0 Å². The Bertz CT molecular complexity index is 675. The molecule has 0 heterocycles. The molecule has 1 amide bonds. The van der Waals surface area contributed by atoms with Crippen LogP contribution in [0.2, 0.25) is 0 Å². The molecule has 0 unspecified atom stereocenters. The predicted octanol–water partition coefficient (Wildman–Crippen LogP) is 1.13. The fourth-order valence-electron chi connectivity index (χ4n) is 1.84.